The number of carboxylic acid groups (broad SMARTS) is 1. The number of aliphatic carboxylic acids is 1. The van der Waals surface area contributed by atoms with Gasteiger partial charge < -0.3 is 15.7 Å². The fraction of sp³-hybridized carbons (Fsp3) is 0.800. The maximum Gasteiger partial charge on any atom is 0.344 e. The van der Waals surface area contributed by atoms with Crippen LogP contribution in [0, 0.1) is 0 Å². The summed E-state index contributed by atoms with van der Waals surface area (Å²) >= 11 is 0. The van der Waals surface area contributed by atoms with Crippen molar-refractivity contribution in [2.75, 3.05) is 19.8 Å². The van der Waals surface area contributed by atoms with E-state index in [0.717, 1.165) is 0 Å². The molecule has 0 bridgehead atoms. The second-order valence-electron chi connectivity index (χ2n) is 2.30. The topological polar surface area (TPSA) is 61.4 Å². The molecule has 0 unspecified atom stereocenters. The average molecular weight is 148 g/mol. The molecule has 0 radical (unpaired) electrons. The largest absolute Gasteiger partial charge is 0.479 e. The summed E-state index contributed by atoms with van der Waals surface area (Å²) in [6.07, 6.45) is 0. The zero-order chi connectivity index (χ0) is 7.61. The maximum absolute atomic E-state index is 13.0. The first-order valence-corrected chi connectivity index (χ1v) is 2.99. The summed E-state index contributed by atoms with van der Waals surface area (Å²) in [5, 5.41) is 13.5. The van der Waals surface area contributed by atoms with E-state index in [0.29, 0.717) is 6.67 Å². The van der Waals surface area contributed by atoms with Crippen LogP contribution in [-0.4, -0.2) is 36.5 Å². The van der Waals surface area contributed by atoms with Crippen LogP contribution in [0.4, 0.5) is 4.39 Å². The van der Waals surface area contributed by atoms with Crippen LogP contribution in [0.15, 0.2) is 0 Å². The molecule has 58 valence electrons. The molecule has 0 amide bonds. The van der Waals surface area contributed by atoms with E-state index in [2.05, 4.69) is 10.6 Å². The molecule has 1 fully saturated rings. The summed E-state index contributed by atoms with van der Waals surface area (Å²) < 4.78 is 13.0. The van der Waals surface area contributed by atoms with Crippen LogP contribution < -0.4 is 10.6 Å². The highest BCUT2D eigenvalue weighted by Crippen LogP contribution is 2.10. The molecule has 3 N–H and O–H groups in total. The fourth-order valence-electron chi connectivity index (χ4n) is 0.823. The minimum absolute atomic E-state index is 0.116. The SMILES string of the molecule is O=C(O)C1(F)CNCNC1. The lowest BCUT2D eigenvalue weighted by molar-refractivity contribution is -0.151. The number of nitrogens with one attached hydrogen (secondary N) is 2. The van der Waals surface area contributed by atoms with Crippen molar-refractivity contribution in [1.82, 2.24) is 10.6 Å². The number of rotatable bonds is 1. The fourth-order valence-corrected chi connectivity index (χ4v) is 0.823. The van der Waals surface area contributed by atoms with Gasteiger partial charge in [-0.1, -0.05) is 0 Å². The molecule has 0 aromatic rings. The molecule has 1 aliphatic heterocycles. The molecule has 0 spiro atoms. The van der Waals surface area contributed by atoms with Crippen molar-refractivity contribution in [2.45, 2.75) is 5.67 Å². The number of carbonyl (C=O) groups is 1. The van der Waals surface area contributed by atoms with Crippen LogP contribution in [0.5, 0.6) is 0 Å². The number of halogens is 1. The van der Waals surface area contributed by atoms with Crippen LogP contribution in [0.25, 0.3) is 0 Å². The van der Waals surface area contributed by atoms with Gasteiger partial charge in [0.2, 0.25) is 5.67 Å². The summed E-state index contributed by atoms with van der Waals surface area (Å²) in [6.45, 7) is 0.240. The van der Waals surface area contributed by atoms with Crippen molar-refractivity contribution >= 4 is 5.97 Å². The summed E-state index contributed by atoms with van der Waals surface area (Å²) in [4.78, 5) is 10.2. The molecule has 1 saturated heterocycles. The minimum atomic E-state index is -2.13. The van der Waals surface area contributed by atoms with Crippen molar-refractivity contribution < 1.29 is 14.3 Å². The maximum atomic E-state index is 13.0. The van der Waals surface area contributed by atoms with Crippen LogP contribution in [0.3, 0.4) is 0 Å². The first kappa shape index (κ1) is 7.43. The van der Waals surface area contributed by atoms with Crippen molar-refractivity contribution in [1.29, 1.82) is 0 Å². The van der Waals surface area contributed by atoms with Gasteiger partial charge in [-0.15, -0.1) is 0 Å². The number of alkyl halides is 1. The first-order chi connectivity index (χ1) is 4.65. The third-order valence-corrected chi connectivity index (χ3v) is 1.44. The van der Waals surface area contributed by atoms with Crippen molar-refractivity contribution in [3.05, 3.63) is 0 Å². The highest BCUT2D eigenvalue weighted by molar-refractivity contribution is 5.78. The Kier molecular flexibility index (Phi) is 1.87. The normalized spacial score (nSPS) is 24.1. The zero-order valence-corrected chi connectivity index (χ0v) is 5.35. The summed E-state index contributed by atoms with van der Waals surface area (Å²) in [7, 11) is 0. The van der Waals surface area contributed by atoms with Gasteiger partial charge in [0.05, 0.1) is 0 Å². The van der Waals surface area contributed by atoms with E-state index < -0.39 is 11.6 Å². The van der Waals surface area contributed by atoms with E-state index in [1.54, 1.807) is 0 Å². The van der Waals surface area contributed by atoms with Gasteiger partial charge in [0.25, 0.3) is 0 Å². The van der Waals surface area contributed by atoms with Gasteiger partial charge in [-0.2, -0.15) is 0 Å². The summed E-state index contributed by atoms with van der Waals surface area (Å²) in [5.41, 5.74) is -2.13. The predicted octanol–water partition coefficient (Wildman–Crippen LogP) is -1.07. The monoisotopic (exact) mass is 148 g/mol. The second kappa shape index (κ2) is 2.51. The van der Waals surface area contributed by atoms with Gasteiger partial charge in [0.1, 0.15) is 0 Å². The third-order valence-electron chi connectivity index (χ3n) is 1.44. The number of carboxylic acids is 1. The second-order valence-corrected chi connectivity index (χ2v) is 2.30. The molecule has 0 saturated carbocycles. The Labute approximate surface area is 57.4 Å². The Morgan fingerprint density at radius 2 is 2.00 bits per heavy atom. The van der Waals surface area contributed by atoms with Gasteiger partial charge >= 0.3 is 5.97 Å². The Morgan fingerprint density at radius 1 is 1.50 bits per heavy atom. The number of hydrogen-bond donors (Lipinski definition) is 3. The summed E-state index contributed by atoms with van der Waals surface area (Å²) in [5.74, 6) is -1.41. The van der Waals surface area contributed by atoms with Gasteiger partial charge in [-0.3, -0.25) is 0 Å². The molecule has 5 heteroatoms. The van der Waals surface area contributed by atoms with Crippen LogP contribution in [-0.2, 0) is 4.79 Å². The molecule has 0 atom stereocenters. The Hall–Kier alpha value is -0.680. The molecule has 1 rings (SSSR count). The highest BCUT2D eigenvalue weighted by Gasteiger charge is 2.39. The lowest BCUT2D eigenvalue weighted by Crippen LogP contribution is -2.57. The summed E-state index contributed by atoms with van der Waals surface area (Å²) in [6, 6.07) is 0. The Balaban J connectivity index is 2.56. The lowest BCUT2D eigenvalue weighted by Gasteiger charge is -2.26. The first-order valence-electron chi connectivity index (χ1n) is 2.99. The van der Waals surface area contributed by atoms with Crippen LogP contribution in [0.2, 0.25) is 0 Å². The van der Waals surface area contributed by atoms with Crippen LogP contribution in [0.1, 0.15) is 0 Å². The third kappa shape index (κ3) is 1.25. The van der Waals surface area contributed by atoms with Crippen molar-refractivity contribution in [3.63, 3.8) is 0 Å². The molecule has 0 aromatic heterocycles. The van der Waals surface area contributed by atoms with Gasteiger partial charge in [-0.25, -0.2) is 9.18 Å². The highest BCUT2D eigenvalue weighted by atomic mass is 19.1. The number of hydrogen-bond acceptors (Lipinski definition) is 3. The van der Waals surface area contributed by atoms with E-state index in [4.69, 9.17) is 5.11 Å². The standard InChI is InChI=1S/C5H9FN2O2/c6-5(4(9)10)1-7-3-8-2-5/h7-8H,1-3H2,(H,9,10). The Bertz CT molecular complexity index is 145. The van der Waals surface area contributed by atoms with Crippen LogP contribution >= 0.6 is 0 Å². The molecule has 1 heterocycles. The smallest absolute Gasteiger partial charge is 0.344 e. The van der Waals surface area contributed by atoms with Crippen molar-refractivity contribution in [2.24, 2.45) is 0 Å². The molecule has 4 nitrogen and oxygen atoms in total. The average Bonchev–Trinajstić information content (AvgIpc) is 1.89. The van der Waals surface area contributed by atoms with Gasteiger partial charge in [0.15, 0.2) is 0 Å². The van der Waals surface area contributed by atoms with E-state index >= 15 is 0 Å². The van der Waals surface area contributed by atoms with Crippen molar-refractivity contribution in [3.8, 4) is 0 Å². The minimum Gasteiger partial charge on any atom is -0.479 e. The molecule has 1 aliphatic rings. The van der Waals surface area contributed by atoms with Gasteiger partial charge in [0, 0.05) is 19.8 Å². The van der Waals surface area contributed by atoms with E-state index in [1.165, 1.54) is 0 Å². The molecular formula is C5H9FN2O2. The molecule has 0 aromatic carbocycles. The van der Waals surface area contributed by atoms with E-state index in [9.17, 15) is 9.18 Å². The lowest BCUT2D eigenvalue weighted by atomic mass is 10.1. The molecule has 10 heavy (non-hydrogen) atoms. The zero-order valence-electron chi connectivity index (χ0n) is 5.35. The molecular weight excluding hydrogens is 139 g/mol. The molecule has 0 aliphatic carbocycles. The van der Waals surface area contributed by atoms with Gasteiger partial charge in [-0.05, 0) is 0 Å². The Morgan fingerprint density at radius 3 is 2.30 bits per heavy atom. The van der Waals surface area contributed by atoms with E-state index in [-0.39, 0.29) is 13.1 Å². The quantitative estimate of drug-likeness (QED) is 0.443. The van der Waals surface area contributed by atoms with E-state index in [1.807, 2.05) is 0 Å². The predicted molar refractivity (Wildman–Crippen MR) is 32.3 cm³/mol.